The normalized spacial score (nSPS) is 23.1. The minimum atomic E-state index is -0.990. The van der Waals surface area contributed by atoms with Crippen molar-refractivity contribution in [1.29, 1.82) is 0 Å². The molecule has 0 aromatic heterocycles. The fourth-order valence-electron chi connectivity index (χ4n) is 2.07. The summed E-state index contributed by atoms with van der Waals surface area (Å²) in [5.74, 6) is 0.180. The zero-order valence-electron chi connectivity index (χ0n) is 9.75. The van der Waals surface area contributed by atoms with Gasteiger partial charge in [0.05, 0.1) is 6.04 Å². The number of carboxylic acid groups (broad SMARTS) is 1. The highest BCUT2D eigenvalue weighted by atomic mass is 19.1. The van der Waals surface area contributed by atoms with Gasteiger partial charge in [0.25, 0.3) is 0 Å². The number of carbonyl (C=O) groups is 1. The Hall–Kier alpha value is -1.82. The molecule has 1 amide bonds. The van der Waals surface area contributed by atoms with E-state index in [1.165, 1.54) is 29.2 Å². The molecule has 98 valence electrons. The molecule has 5 nitrogen and oxygen atoms in total. The molecule has 1 aliphatic heterocycles. The number of halogens is 1. The van der Waals surface area contributed by atoms with Gasteiger partial charge in [0, 0.05) is 12.6 Å². The zero-order chi connectivity index (χ0) is 13.1. The van der Waals surface area contributed by atoms with E-state index >= 15 is 0 Å². The molecule has 1 fully saturated rings. The van der Waals surface area contributed by atoms with Gasteiger partial charge in [-0.2, -0.15) is 0 Å². The minimum Gasteiger partial charge on any atom is -0.491 e. The first-order valence-electron chi connectivity index (χ1n) is 5.70. The van der Waals surface area contributed by atoms with Crippen molar-refractivity contribution in [2.24, 2.45) is 5.73 Å². The van der Waals surface area contributed by atoms with Crippen LogP contribution < -0.4 is 10.5 Å². The van der Waals surface area contributed by atoms with Crippen LogP contribution in [0, 0.1) is 5.82 Å². The van der Waals surface area contributed by atoms with E-state index in [2.05, 4.69) is 0 Å². The summed E-state index contributed by atoms with van der Waals surface area (Å²) in [7, 11) is 0. The molecule has 0 spiro atoms. The molecule has 3 N–H and O–H groups in total. The summed E-state index contributed by atoms with van der Waals surface area (Å²) < 4.78 is 18.1. The molecule has 1 aromatic carbocycles. The second-order valence-electron chi connectivity index (χ2n) is 4.35. The van der Waals surface area contributed by atoms with E-state index in [4.69, 9.17) is 15.6 Å². The van der Waals surface area contributed by atoms with E-state index < -0.39 is 6.09 Å². The van der Waals surface area contributed by atoms with E-state index in [-0.39, 0.29) is 24.5 Å². The average molecular weight is 254 g/mol. The van der Waals surface area contributed by atoms with E-state index in [9.17, 15) is 9.18 Å². The second-order valence-corrected chi connectivity index (χ2v) is 4.35. The molecule has 0 saturated carbocycles. The SMILES string of the molecule is N[C@@H]1C[C@H](COc2ccc(F)cc2)N(C(=O)O)C1. The highest BCUT2D eigenvalue weighted by Crippen LogP contribution is 2.19. The molecular weight excluding hydrogens is 239 g/mol. The number of rotatable bonds is 3. The van der Waals surface area contributed by atoms with Crippen LogP contribution in [0.5, 0.6) is 5.75 Å². The van der Waals surface area contributed by atoms with Crippen molar-refractivity contribution in [1.82, 2.24) is 4.90 Å². The predicted molar refractivity (Wildman–Crippen MR) is 63.0 cm³/mol. The third-order valence-corrected chi connectivity index (χ3v) is 2.95. The van der Waals surface area contributed by atoms with Gasteiger partial charge in [-0.15, -0.1) is 0 Å². The minimum absolute atomic E-state index is 0.150. The van der Waals surface area contributed by atoms with Crippen LogP contribution in [0.2, 0.25) is 0 Å². The summed E-state index contributed by atoms with van der Waals surface area (Å²) in [5, 5.41) is 9.00. The smallest absolute Gasteiger partial charge is 0.407 e. The van der Waals surface area contributed by atoms with Crippen LogP contribution in [-0.2, 0) is 0 Å². The average Bonchev–Trinajstić information content (AvgIpc) is 2.70. The molecule has 2 rings (SSSR count). The molecule has 0 radical (unpaired) electrons. The van der Waals surface area contributed by atoms with E-state index in [1.54, 1.807) is 0 Å². The maximum atomic E-state index is 12.7. The summed E-state index contributed by atoms with van der Waals surface area (Å²) in [6.45, 7) is 0.554. The van der Waals surface area contributed by atoms with Gasteiger partial charge in [-0.3, -0.25) is 0 Å². The van der Waals surface area contributed by atoms with Gasteiger partial charge in [-0.05, 0) is 30.7 Å². The van der Waals surface area contributed by atoms with Crippen LogP contribution in [-0.4, -0.2) is 41.3 Å². The molecule has 18 heavy (non-hydrogen) atoms. The van der Waals surface area contributed by atoms with Crippen molar-refractivity contribution in [2.75, 3.05) is 13.2 Å². The van der Waals surface area contributed by atoms with Crippen molar-refractivity contribution >= 4 is 6.09 Å². The van der Waals surface area contributed by atoms with Crippen LogP contribution in [0.15, 0.2) is 24.3 Å². The Labute approximate surface area is 104 Å². The first-order valence-corrected chi connectivity index (χ1v) is 5.70. The van der Waals surface area contributed by atoms with Crippen molar-refractivity contribution < 1.29 is 19.0 Å². The predicted octanol–water partition coefficient (Wildman–Crippen LogP) is 1.28. The van der Waals surface area contributed by atoms with E-state index in [0.29, 0.717) is 18.7 Å². The number of hydrogen-bond acceptors (Lipinski definition) is 3. The Morgan fingerprint density at radius 1 is 1.50 bits per heavy atom. The van der Waals surface area contributed by atoms with Crippen LogP contribution in [0.3, 0.4) is 0 Å². The molecule has 1 aliphatic rings. The van der Waals surface area contributed by atoms with Crippen LogP contribution >= 0.6 is 0 Å². The molecule has 1 heterocycles. The fourth-order valence-corrected chi connectivity index (χ4v) is 2.07. The summed E-state index contributed by atoms with van der Waals surface area (Å²) in [6, 6.07) is 5.21. The quantitative estimate of drug-likeness (QED) is 0.852. The lowest BCUT2D eigenvalue weighted by atomic mass is 10.2. The first-order chi connectivity index (χ1) is 8.56. The number of amides is 1. The standard InChI is InChI=1S/C12H15FN2O3/c13-8-1-3-11(4-2-8)18-7-10-5-9(14)6-15(10)12(16)17/h1-4,9-10H,5-7,14H2,(H,16,17)/t9-,10-/m1/s1. The van der Waals surface area contributed by atoms with Crippen molar-refractivity contribution in [3.05, 3.63) is 30.1 Å². The zero-order valence-corrected chi connectivity index (χ0v) is 9.75. The molecule has 0 aliphatic carbocycles. The van der Waals surface area contributed by atoms with Gasteiger partial charge in [-0.1, -0.05) is 0 Å². The van der Waals surface area contributed by atoms with Gasteiger partial charge >= 0.3 is 6.09 Å². The Balaban J connectivity index is 1.93. The molecule has 6 heteroatoms. The van der Waals surface area contributed by atoms with Crippen LogP contribution in [0.1, 0.15) is 6.42 Å². The maximum absolute atomic E-state index is 12.7. The lowest BCUT2D eigenvalue weighted by molar-refractivity contribution is 0.123. The first kappa shape index (κ1) is 12.6. The number of benzene rings is 1. The number of likely N-dealkylation sites (tertiary alicyclic amines) is 1. The highest BCUT2D eigenvalue weighted by molar-refractivity contribution is 5.66. The number of nitrogens with two attached hydrogens (primary N) is 1. The molecule has 2 atom stereocenters. The van der Waals surface area contributed by atoms with E-state index in [0.717, 1.165) is 0 Å². The van der Waals surface area contributed by atoms with Gasteiger partial charge in [0.15, 0.2) is 0 Å². The summed E-state index contributed by atoms with van der Waals surface area (Å²) in [5.41, 5.74) is 5.73. The number of ether oxygens (including phenoxy) is 1. The van der Waals surface area contributed by atoms with Gasteiger partial charge in [-0.25, -0.2) is 9.18 Å². The van der Waals surface area contributed by atoms with Crippen molar-refractivity contribution in [3.63, 3.8) is 0 Å². The third-order valence-electron chi connectivity index (χ3n) is 2.95. The van der Waals surface area contributed by atoms with Crippen molar-refractivity contribution in [2.45, 2.75) is 18.5 Å². The Bertz CT molecular complexity index is 424. The lowest BCUT2D eigenvalue weighted by Crippen LogP contribution is -2.38. The number of hydrogen-bond donors (Lipinski definition) is 2. The van der Waals surface area contributed by atoms with E-state index in [1.807, 2.05) is 0 Å². The topological polar surface area (TPSA) is 75.8 Å². The lowest BCUT2D eigenvalue weighted by Gasteiger charge is -2.21. The fraction of sp³-hybridized carbons (Fsp3) is 0.417. The molecular formula is C12H15FN2O3. The molecule has 0 bridgehead atoms. The molecule has 0 unspecified atom stereocenters. The van der Waals surface area contributed by atoms with Crippen LogP contribution in [0.25, 0.3) is 0 Å². The van der Waals surface area contributed by atoms with Crippen LogP contribution in [0.4, 0.5) is 9.18 Å². The Kier molecular flexibility index (Phi) is 3.66. The van der Waals surface area contributed by atoms with Gasteiger partial charge < -0.3 is 20.5 Å². The second kappa shape index (κ2) is 5.22. The highest BCUT2D eigenvalue weighted by Gasteiger charge is 2.33. The summed E-state index contributed by atoms with van der Waals surface area (Å²) in [6.07, 6.45) is -0.413. The van der Waals surface area contributed by atoms with Gasteiger partial charge in [0.2, 0.25) is 0 Å². The molecule has 1 aromatic rings. The third kappa shape index (κ3) is 2.89. The van der Waals surface area contributed by atoms with Gasteiger partial charge in [0.1, 0.15) is 18.2 Å². The molecule has 1 saturated heterocycles. The van der Waals surface area contributed by atoms with Crippen molar-refractivity contribution in [3.8, 4) is 5.75 Å². The monoisotopic (exact) mass is 254 g/mol. The summed E-state index contributed by atoms with van der Waals surface area (Å²) >= 11 is 0. The number of nitrogens with zero attached hydrogens (tertiary/aromatic N) is 1. The summed E-state index contributed by atoms with van der Waals surface area (Å²) in [4.78, 5) is 12.3. The maximum Gasteiger partial charge on any atom is 0.407 e. The Morgan fingerprint density at radius 2 is 2.17 bits per heavy atom. The largest absolute Gasteiger partial charge is 0.491 e. The Morgan fingerprint density at radius 3 is 2.78 bits per heavy atom.